The van der Waals surface area contributed by atoms with Gasteiger partial charge in [0.2, 0.25) is 5.91 Å². The minimum Gasteiger partial charge on any atom is -0.335 e. The number of amides is 1. The molecule has 0 radical (unpaired) electrons. The van der Waals surface area contributed by atoms with Crippen molar-refractivity contribution in [1.82, 2.24) is 4.90 Å². The van der Waals surface area contributed by atoms with Crippen LogP contribution in [0.4, 0.5) is 0 Å². The minimum atomic E-state index is -0.0345. The second-order valence-corrected chi connectivity index (χ2v) is 6.00. The molecule has 0 saturated carbocycles. The molecule has 2 unspecified atom stereocenters. The quantitative estimate of drug-likeness (QED) is 0.925. The van der Waals surface area contributed by atoms with Gasteiger partial charge in [-0.3, -0.25) is 4.79 Å². The third kappa shape index (κ3) is 3.18. The predicted molar refractivity (Wildman–Crippen MR) is 80.7 cm³/mol. The van der Waals surface area contributed by atoms with E-state index in [4.69, 9.17) is 5.73 Å². The first-order valence-corrected chi connectivity index (χ1v) is 7.72. The summed E-state index contributed by atoms with van der Waals surface area (Å²) in [6.07, 6.45) is 2.93. The van der Waals surface area contributed by atoms with Crippen LogP contribution < -0.4 is 5.73 Å². The van der Waals surface area contributed by atoms with Crippen LogP contribution in [0.15, 0.2) is 28.7 Å². The number of halogens is 1. The Bertz CT molecular complexity index is 446. The summed E-state index contributed by atoms with van der Waals surface area (Å²) in [6.45, 7) is 3.32. The van der Waals surface area contributed by atoms with Crippen LogP contribution in [0.5, 0.6) is 0 Å². The lowest BCUT2D eigenvalue weighted by Gasteiger charge is -2.28. The van der Waals surface area contributed by atoms with Crippen LogP contribution in [-0.2, 0) is 4.79 Å². The molecule has 1 aromatic carbocycles. The van der Waals surface area contributed by atoms with Gasteiger partial charge in [0, 0.05) is 17.6 Å². The van der Waals surface area contributed by atoms with Gasteiger partial charge < -0.3 is 10.6 Å². The van der Waals surface area contributed by atoms with Crippen molar-refractivity contribution < 1.29 is 4.79 Å². The van der Waals surface area contributed by atoms with E-state index in [0.717, 1.165) is 30.3 Å². The molecule has 1 heterocycles. The maximum atomic E-state index is 12.5. The Morgan fingerprint density at radius 3 is 3.00 bits per heavy atom. The Balaban J connectivity index is 2.19. The summed E-state index contributed by atoms with van der Waals surface area (Å²) in [6, 6.07) is 8.47. The average molecular weight is 325 g/mol. The second kappa shape index (κ2) is 6.53. The first-order chi connectivity index (χ1) is 9.17. The fraction of sp³-hybridized carbons (Fsp3) is 0.533. The molecule has 0 aliphatic carbocycles. The largest absolute Gasteiger partial charge is 0.335 e. The monoisotopic (exact) mass is 324 g/mol. The Hall–Kier alpha value is -0.870. The third-order valence-electron chi connectivity index (χ3n) is 3.90. The molecule has 19 heavy (non-hydrogen) atoms. The van der Waals surface area contributed by atoms with Crippen molar-refractivity contribution in [3.05, 3.63) is 34.3 Å². The fourth-order valence-corrected chi connectivity index (χ4v) is 3.18. The number of likely N-dealkylation sites (tertiary alicyclic amines) is 1. The van der Waals surface area contributed by atoms with Crippen molar-refractivity contribution in [1.29, 1.82) is 0 Å². The number of carbonyl (C=O) groups is 1. The maximum Gasteiger partial charge on any atom is 0.227 e. The highest BCUT2D eigenvalue weighted by Gasteiger charge is 2.32. The number of rotatable bonds is 4. The normalized spacial score (nSPS) is 20.6. The van der Waals surface area contributed by atoms with Gasteiger partial charge in [-0.1, -0.05) is 35.0 Å². The molecule has 1 amide bonds. The zero-order valence-corrected chi connectivity index (χ0v) is 12.9. The zero-order chi connectivity index (χ0) is 13.8. The van der Waals surface area contributed by atoms with E-state index in [9.17, 15) is 4.79 Å². The second-order valence-electron chi connectivity index (χ2n) is 5.09. The Kier molecular flexibility index (Phi) is 4.99. The number of hydrogen-bond donors (Lipinski definition) is 1. The summed E-state index contributed by atoms with van der Waals surface area (Å²) < 4.78 is 1.06. The van der Waals surface area contributed by atoms with Gasteiger partial charge in [-0.05, 0) is 37.0 Å². The topological polar surface area (TPSA) is 46.3 Å². The molecule has 0 bridgehead atoms. The van der Waals surface area contributed by atoms with Crippen molar-refractivity contribution >= 4 is 21.8 Å². The lowest BCUT2D eigenvalue weighted by molar-refractivity contribution is -0.136. The van der Waals surface area contributed by atoms with Gasteiger partial charge in [0.1, 0.15) is 0 Å². The van der Waals surface area contributed by atoms with Crippen molar-refractivity contribution in [2.75, 3.05) is 13.1 Å². The van der Waals surface area contributed by atoms with E-state index >= 15 is 0 Å². The van der Waals surface area contributed by atoms with Crippen molar-refractivity contribution in [2.45, 2.75) is 32.2 Å². The van der Waals surface area contributed by atoms with Crippen LogP contribution in [0.2, 0.25) is 0 Å². The molecule has 2 atom stereocenters. The van der Waals surface area contributed by atoms with Gasteiger partial charge in [-0.15, -0.1) is 0 Å². The van der Waals surface area contributed by atoms with Crippen LogP contribution in [0.3, 0.4) is 0 Å². The van der Waals surface area contributed by atoms with E-state index in [1.54, 1.807) is 0 Å². The number of carbonyl (C=O) groups excluding carboxylic acids is 1. The van der Waals surface area contributed by atoms with E-state index in [-0.39, 0.29) is 17.9 Å². The summed E-state index contributed by atoms with van der Waals surface area (Å²) in [7, 11) is 0. The summed E-state index contributed by atoms with van der Waals surface area (Å²) in [4.78, 5) is 14.5. The number of nitrogens with two attached hydrogens (primary N) is 1. The molecule has 1 fully saturated rings. The molecule has 0 aromatic heterocycles. The van der Waals surface area contributed by atoms with E-state index in [1.807, 2.05) is 24.0 Å². The molecule has 3 nitrogen and oxygen atoms in total. The standard InChI is InChI=1S/C15H21BrN2O/c1-2-11(10-17)15(19)18-8-4-7-14(18)12-5-3-6-13(16)9-12/h3,5-6,9,11,14H,2,4,7-8,10,17H2,1H3. The average Bonchev–Trinajstić information content (AvgIpc) is 2.89. The van der Waals surface area contributed by atoms with E-state index < -0.39 is 0 Å². The molecule has 0 spiro atoms. The Morgan fingerprint density at radius 2 is 2.37 bits per heavy atom. The van der Waals surface area contributed by atoms with Crippen molar-refractivity contribution in [2.24, 2.45) is 11.7 Å². The number of hydrogen-bond acceptors (Lipinski definition) is 2. The SMILES string of the molecule is CCC(CN)C(=O)N1CCCC1c1cccc(Br)c1. The van der Waals surface area contributed by atoms with E-state index in [1.165, 1.54) is 5.56 Å². The fourth-order valence-electron chi connectivity index (χ4n) is 2.77. The highest BCUT2D eigenvalue weighted by Crippen LogP contribution is 2.34. The van der Waals surface area contributed by atoms with Crippen LogP contribution >= 0.6 is 15.9 Å². The lowest BCUT2D eigenvalue weighted by atomic mass is 10.0. The molecule has 1 aliphatic heterocycles. The van der Waals surface area contributed by atoms with Crippen LogP contribution in [0.1, 0.15) is 37.8 Å². The molecule has 1 aliphatic rings. The molecular formula is C15H21BrN2O. The molecule has 2 N–H and O–H groups in total. The highest BCUT2D eigenvalue weighted by atomic mass is 79.9. The third-order valence-corrected chi connectivity index (χ3v) is 4.39. The van der Waals surface area contributed by atoms with E-state index in [2.05, 4.69) is 28.1 Å². The van der Waals surface area contributed by atoms with Crippen LogP contribution in [0.25, 0.3) is 0 Å². The first kappa shape index (κ1) is 14.5. The minimum absolute atomic E-state index is 0.0345. The smallest absolute Gasteiger partial charge is 0.227 e. The maximum absolute atomic E-state index is 12.5. The highest BCUT2D eigenvalue weighted by molar-refractivity contribution is 9.10. The number of nitrogens with zero attached hydrogens (tertiary/aromatic N) is 1. The van der Waals surface area contributed by atoms with Gasteiger partial charge in [0.25, 0.3) is 0 Å². The van der Waals surface area contributed by atoms with Gasteiger partial charge in [0.15, 0.2) is 0 Å². The summed E-state index contributed by atoms with van der Waals surface area (Å²) in [5, 5.41) is 0. The van der Waals surface area contributed by atoms with Gasteiger partial charge in [-0.2, -0.15) is 0 Å². The number of benzene rings is 1. The Labute approximate surface area is 123 Å². The predicted octanol–water partition coefficient (Wildman–Crippen LogP) is 3.10. The van der Waals surface area contributed by atoms with Crippen molar-refractivity contribution in [3.63, 3.8) is 0 Å². The Morgan fingerprint density at radius 1 is 1.58 bits per heavy atom. The van der Waals surface area contributed by atoms with E-state index in [0.29, 0.717) is 6.54 Å². The van der Waals surface area contributed by atoms with Crippen LogP contribution in [0, 0.1) is 5.92 Å². The summed E-state index contributed by atoms with van der Waals surface area (Å²) >= 11 is 3.50. The van der Waals surface area contributed by atoms with Crippen molar-refractivity contribution in [3.8, 4) is 0 Å². The molecule has 2 rings (SSSR count). The van der Waals surface area contributed by atoms with Gasteiger partial charge in [-0.25, -0.2) is 0 Å². The molecule has 104 valence electrons. The first-order valence-electron chi connectivity index (χ1n) is 6.93. The molecule has 4 heteroatoms. The summed E-state index contributed by atoms with van der Waals surface area (Å²) in [5.74, 6) is 0.181. The zero-order valence-electron chi connectivity index (χ0n) is 11.3. The van der Waals surface area contributed by atoms with Gasteiger partial charge >= 0.3 is 0 Å². The lowest BCUT2D eigenvalue weighted by Crippen LogP contribution is -2.38. The van der Waals surface area contributed by atoms with Crippen LogP contribution in [-0.4, -0.2) is 23.9 Å². The summed E-state index contributed by atoms with van der Waals surface area (Å²) in [5.41, 5.74) is 6.92. The van der Waals surface area contributed by atoms with Gasteiger partial charge in [0.05, 0.1) is 12.0 Å². The molecule has 1 aromatic rings. The molecular weight excluding hydrogens is 304 g/mol. The molecule has 1 saturated heterocycles.